The van der Waals surface area contributed by atoms with Crippen molar-refractivity contribution in [2.75, 3.05) is 26.8 Å². The highest BCUT2D eigenvalue weighted by atomic mass is 35.5. The average Bonchev–Trinajstić information content (AvgIpc) is 2.81. The number of esters is 1. The molecule has 0 aromatic heterocycles. The van der Waals surface area contributed by atoms with E-state index in [1.54, 1.807) is 0 Å². The molecule has 0 aliphatic carbocycles. The molecule has 2 atom stereocenters. The van der Waals surface area contributed by atoms with Crippen LogP contribution >= 0.6 is 11.6 Å². The van der Waals surface area contributed by atoms with Gasteiger partial charge in [-0.1, -0.05) is 18.2 Å². The van der Waals surface area contributed by atoms with Crippen molar-refractivity contribution in [2.24, 2.45) is 0 Å². The summed E-state index contributed by atoms with van der Waals surface area (Å²) in [6.07, 6.45) is 0. The van der Waals surface area contributed by atoms with Gasteiger partial charge in [0.1, 0.15) is 11.1 Å². The molecule has 2 unspecified atom stereocenters. The van der Waals surface area contributed by atoms with E-state index in [1.807, 2.05) is 18.2 Å². The normalized spacial score (nSPS) is 18.9. The Labute approximate surface area is 111 Å². The highest BCUT2D eigenvalue weighted by Gasteiger charge is 2.24. The van der Waals surface area contributed by atoms with Gasteiger partial charge in [-0.2, -0.15) is 0 Å². The molecule has 0 saturated heterocycles. The maximum atomic E-state index is 11.1. The summed E-state index contributed by atoms with van der Waals surface area (Å²) in [7, 11) is 1.33. The van der Waals surface area contributed by atoms with Gasteiger partial charge in [-0.15, -0.1) is 11.6 Å². The molecule has 1 aromatic rings. The molecule has 0 saturated carbocycles. The minimum atomic E-state index is -0.646. The summed E-state index contributed by atoms with van der Waals surface area (Å²) >= 11 is 5.85. The fourth-order valence-corrected chi connectivity index (χ4v) is 2.19. The first kappa shape index (κ1) is 13.2. The van der Waals surface area contributed by atoms with E-state index < -0.39 is 11.3 Å². The minimum Gasteiger partial charge on any atom is -0.493 e. The maximum Gasteiger partial charge on any atom is 0.325 e. The monoisotopic (exact) mass is 269 g/mol. The number of halogens is 1. The van der Waals surface area contributed by atoms with Crippen LogP contribution in [0.3, 0.4) is 0 Å². The van der Waals surface area contributed by atoms with E-state index in [9.17, 15) is 4.79 Å². The van der Waals surface area contributed by atoms with Crippen LogP contribution in [-0.4, -0.2) is 38.2 Å². The number of carbonyl (C=O) groups is 1. The summed E-state index contributed by atoms with van der Waals surface area (Å²) in [5.41, 5.74) is 1.20. The molecule has 0 bridgehead atoms. The molecule has 0 fully saturated rings. The zero-order valence-corrected chi connectivity index (χ0v) is 10.9. The van der Waals surface area contributed by atoms with Crippen LogP contribution < -0.4 is 10.1 Å². The third kappa shape index (κ3) is 2.94. The number of ether oxygens (including phenoxy) is 2. The van der Waals surface area contributed by atoms with Crippen molar-refractivity contribution in [1.82, 2.24) is 5.32 Å². The van der Waals surface area contributed by atoms with E-state index in [0.29, 0.717) is 19.1 Å². The van der Waals surface area contributed by atoms with Crippen molar-refractivity contribution in [1.29, 1.82) is 0 Å². The topological polar surface area (TPSA) is 47.6 Å². The van der Waals surface area contributed by atoms with Crippen molar-refractivity contribution >= 4 is 17.6 Å². The Bertz CT molecular complexity index is 424. The second kappa shape index (κ2) is 6.07. The molecule has 4 nitrogen and oxygen atoms in total. The molecule has 1 aromatic carbocycles. The first-order valence-electron chi connectivity index (χ1n) is 5.86. The Hall–Kier alpha value is -1.26. The molecule has 1 N–H and O–H groups in total. The first-order valence-corrected chi connectivity index (χ1v) is 6.30. The zero-order chi connectivity index (χ0) is 13.0. The summed E-state index contributed by atoms with van der Waals surface area (Å²) in [4.78, 5) is 11.1. The van der Waals surface area contributed by atoms with Crippen LogP contribution in [-0.2, 0) is 9.53 Å². The number of hydrogen-bond donors (Lipinski definition) is 1. The summed E-state index contributed by atoms with van der Waals surface area (Å²) in [6, 6.07) is 7.99. The van der Waals surface area contributed by atoms with E-state index in [2.05, 4.69) is 16.1 Å². The van der Waals surface area contributed by atoms with E-state index in [0.717, 1.165) is 12.3 Å². The van der Waals surface area contributed by atoms with Crippen molar-refractivity contribution in [3.8, 4) is 5.75 Å². The fourth-order valence-electron chi connectivity index (χ4n) is 1.99. The largest absolute Gasteiger partial charge is 0.493 e. The van der Waals surface area contributed by atoms with Crippen LogP contribution in [0.25, 0.3) is 0 Å². The number of benzene rings is 1. The molecular formula is C13H16ClNO3. The number of nitrogens with one attached hydrogen (secondary N) is 1. The molecule has 0 spiro atoms. The fraction of sp³-hybridized carbons (Fsp3) is 0.462. The van der Waals surface area contributed by atoms with Crippen LogP contribution in [0.2, 0.25) is 0 Å². The maximum absolute atomic E-state index is 11.1. The van der Waals surface area contributed by atoms with E-state index in [4.69, 9.17) is 16.3 Å². The smallest absolute Gasteiger partial charge is 0.325 e. The molecule has 0 radical (unpaired) electrons. The lowest BCUT2D eigenvalue weighted by Gasteiger charge is -2.12. The summed E-state index contributed by atoms with van der Waals surface area (Å²) < 4.78 is 10.1. The van der Waals surface area contributed by atoms with Crippen molar-refractivity contribution in [3.63, 3.8) is 0 Å². The quantitative estimate of drug-likeness (QED) is 0.651. The molecular weight excluding hydrogens is 254 g/mol. The van der Waals surface area contributed by atoms with Gasteiger partial charge in [-0.3, -0.25) is 4.79 Å². The molecule has 1 aliphatic rings. The van der Waals surface area contributed by atoms with Gasteiger partial charge in [0, 0.05) is 24.6 Å². The van der Waals surface area contributed by atoms with Gasteiger partial charge >= 0.3 is 5.97 Å². The Morgan fingerprint density at radius 1 is 1.61 bits per heavy atom. The average molecular weight is 270 g/mol. The zero-order valence-electron chi connectivity index (χ0n) is 10.2. The lowest BCUT2D eigenvalue weighted by Crippen LogP contribution is -2.33. The van der Waals surface area contributed by atoms with Gasteiger partial charge in [0.25, 0.3) is 0 Å². The molecule has 5 heteroatoms. The van der Waals surface area contributed by atoms with Gasteiger partial charge in [0.2, 0.25) is 0 Å². The summed E-state index contributed by atoms with van der Waals surface area (Å²) in [5.74, 6) is 0.842. The number of hydrogen-bond acceptors (Lipinski definition) is 4. The molecule has 2 rings (SSSR count). The van der Waals surface area contributed by atoms with Crippen molar-refractivity contribution in [3.05, 3.63) is 29.8 Å². The third-order valence-electron chi connectivity index (χ3n) is 2.97. The molecule has 18 heavy (non-hydrogen) atoms. The minimum absolute atomic E-state index is 0.308. The number of rotatable bonds is 5. The Kier molecular flexibility index (Phi) is 4.44. The number of fused-ring (bicyclic) bond motifs is 1. The van der Waals surface area contributed by atoms with Gasteiger partial charge < -0.3 is 14.8 Å². The second-order valence-corrected chi connectivity index (χ2v) is 4.72. The number of para-hydroxylation sites is 1. The van der Waals surface area contributed by atoms with Gasteiger partial charge in [0.05, 0.1) is 13.7 Å². The Morgan fingerprint density at radius 3 is 3.17 bits per heavy atom. The van der Waals surface area contributed by atoms with Crippen LogP contribution in [0.5, 0.6) is 5.75 Å². The SMILES string of the molecule is COC(=O)C(Cl)CNCC1COc2ccccc21. The lowest BCUT2D eigenvalue weighted by molar-refractivity contribution is -0.140. The van der Waals surface area contributed by atoms with Crippen molar-refractivity contribution in [2.45, 2.75) is 11.3 Å². The standard InChI is InChI=1S/C13H16ClNO3/c1-17-13(16)11(14)7-15-6-9-8-18-12-5-3-2-4-10(9)12/h2-5,9,11,15H,6-8H2,1H3. The molecule has 1 heterocycles. The third-order valence-corrected chi connectivity index (χ3v) is 3.30. The predicted molar refractivity (Wildman–Crippen MR) is 69.2 cm³/mol. The van der Waals surface area contributed by atoms with Crippen LogP contribution in [0, 0.1) is 0 Å². The Balaban J connectivity index is 1.81. The number of alkyl halides is 1. The van der Waals surface area contributed by atoms with Crippen molar-refractivity contribution < 1.29 is 14.3 Å². The van der Waals surface area contributed by atoms with E-state index in [1.165, 1.54) is 12.7 Å². The predicted octanol–water partition coefficient (Wildman–Crippen LogP) is 1.53. The van der Waals surface area contributed by atoms with Crippen LogP contribution in [0.15, 0.2) is 24.3 Å². The van der Waals surface area contributed by atoms with Gasteiger partial charge in [-0.05, 0) is 6.07 Å². The van der Waals surface area contributed by atoms with Crippen LogP contribution in [0.1, 0.15) is 11.5 Å². The number of carbonyl (C=O) groups excluding carboxylic acids is 1. The highest BCUT2D eigenvalue weighted by molar-refractivity contribution is 6.30. The highest BCUT2D eigenvalue weighted by Crippen LogP contribution is 2.32. The molecule has 0 amide bonds. The summed E-state index contributed by atoms with van der Waals surface area (Å²) in [6.45, 7) is 1.79. The molecule has 98 valence electrons. The van der Waals surface area contributed by atoms with Gasteiger partial charge in [-0.25, -0.2) is 0 Å². The first-order chi connectivity index (χ1) is 8.72. The van der Waals surface area contributed by atoms with E-state index >= 15 is 0 Å². The summed E-state index contributed by atoms with van der Waals surface area (Å²) in [5, 5.41) is 2.52. The molecule has 1 aliphatic heterocycles. The van der Waals surface area contributed by atoms with E-state index in [-0.39, 0.29) is 0 Å². The Morgan fingerprint density at radius 2 is 2.39 bits per heavy atom. The van der Waals surface area contributed by atoms with Crippen LogP contribution in [0.4, 0.5) is 0 Å². The number of methoxy groups -OCH3 is 1. The lowest BCUT2D eigenvalue weighted by atomic mass is 10.0. The second-order valence-electron chi connectivity index (χ2n) is 4.19. The van der Waals surface area contributed by atoms with Gasteiger partial charge in [0.15, 0.2) is 0 Å².